The van der Waals surface area contributed by atoms with Gasteiger partial charge in [0, 0.05) is 37.7 Å². The highest BCUT2D eigenvalue weighted by Gasteiger charge is 2.33. The van der Waals surface area contributed by atoms with Gasteiger partial charge in [0.2, 0.25) is 0 Å². The van der Waals surface area contributed by atoms with Crippen molar-refractivity contribution >= 4 is 5.91 Å². The number of furan rings is 1. The van der Waals surface area contributed by atoms with Crippen LogP contribution in [0.2, 0.25) is 0 Å². The summed E-state index contributed by atoms with van der Waals surface area (Å²) in [7, 11) is 1.95. The molecular formula is C30H34N4O2. The maximum Gasteiger partial charge on any atom is 0.257 e. The Labute approximate surface area is 213 Å². The zero-order valence-electron chi connectivity index (χ0n) is 21.1. The first-order chi connectivity index (χ1) is 17.6. The molecule has 1 aliphatic rings. The SMILES string of the molecule is Cc1occc1C(=O)N(C)C(Cc1ccccc1)C1CCN(Cc2cccn2-c2ccccn2)CC1. The van der Waals surface area contributed by atoms with Crippen molar-refractivity contribution in [3.8, 4) is 5.82 Å². The average molecular weight is 483 g/mol. The molecule has 0 N–H and O–H groups in total. The van der Waals surface area contributed by atoms with Crippen molar-refractivity contribution in [2.45, 2.75) is 38.8 Å². The van der Waals surface area contributed by atoms with Crippen LogP contribution in [0.3, 0.4) is 0 Å². The van der Waals surface area contributed by atoms with E-state index in [1.807, 2.05) is 49.3 Å². The number of likely N-dealkylation sites (N-methyl/N-ethyl adjacent to an activating group) is 1. The summed E-state index contributed by atoms with van der Waals surface area (Å²) in [5, 5.41) is 0. The van der Waals surface area contributed by atoms with E-state index in [2.05, 4.69) is 57.0 Å². The Morgan fingerprint density at radius 2 is 1.83 bits per heavy atom. The summed E-state index contributed by atoms with van der Waals surface area (Å²) in [6.07, 6.45) is 8.49. The lowest BCUT2D eigenvalue weighted by molar-refractivity contribution is 0.0582. The molecule has 186 valence electrons. The van der Waals surface area contributed by atoms with Gasteiger partial charge < -0.3 is 13.9 Å². The second-order valence-corrected chi connectivity index (χ2v) is 9.73. The summed E-state index contributed by atoms with van der Waals surface area (Å²) in [5.41, 5.74) is 3.17. The van der Waals surface area contributed by atoms with Crippen molar-refractivity contribution in [2.75, 3.05) is 20.1 Å². The van der Waals surface area contributed by atoms with Crippen LogP contribution in [0.1, 0.15) is 40.2 Å². The zero-order chi connectivity index (χ0) is 24.9. The lowest BCUT2D eigenvalue weighted by atomic mass is 9.84. The van der Waals surface area contributed by atoms with Crippen LogP contribution in [0.4, 0.5) is 0 Å². The third-order valence-electron chi connectivity index (χ3n) is 7.49. The number of likely N-dealkylation sites (tertiary alicyclic amines) is 1. The Bertz CT molecular complexity index is 1260. The second kappa shape index (κ2) is 11.0. The number of amides is 1. The highest BCUT2D eigenvalue weighted by molar-refractivity contribution is 5.95. The predicted octanol–water partition coefficient (Wildman–Crippen LogP) is 5.37. The Hall–Kier alpha value is -3.64. The number of aryl methyl sites for hydroxylation is 1. The van der Waals surface area contributed by atoms with Gasteiger partial charge in [0.05, 0.1) is 11.8 Å². The summed E-state index contributed by atoms with van der Waals surface area (Å²) in [6, 6.07) is 22.7. The molecule has 0 spiro atoms. The summed E-state index contributed by atoms with van der Waals surface area (Å²) >= 11 is 0. The monoisotopic (exact) mass is 482 g/mol. The van der Waals surface area contributed by atoms with Gasteiger partial charge in [-0.3, -0.25) is 9.69 Å². The normalized spacial score (nSPS) is 15.6. The molecule has 1 aliphatic heterocycles. The molecule has 1 unspecified atom stereocenters. The van der Waals surface area contributed by atoms with Crippen LogP contribution in [0, 0.1) is 12.8 Å². The quantitative estimate of drug-likeness (QED) is 0.339. The Morgan fingerprint density at radius 1 is 1.06 bits per heavy atom. The molecule has 0 bridgehead atoms. The standard InChI is InChI=1S/C30H34N4O2/c1-23-27(15-20-36-23)30(35)32(2)28(21-24-9-4-3-5-10-24)25-13-18-33(19-14-25)22-26-11-8-17-34(26)29-12-6-7-16-31-29/h3-12,15-17,20,25,28H,13-14,18-19,21-22H2,1-2H3. The van der Waals surface area contributed by atoms with E-state index in [1.54, 1.807) is 12.3 Å². The third kappa shape index (κ3) is 5.29. The molecule has 5 rings (SSSR count). The number of pyridine rings is 1. The minimum Gasteiger partial charge on any atom is -0.469 e. The van der Waals surface area contributed by atoms with Crippen molar-refractivity contribution in [1.82, 2.24) is 19.4 Å². The van der Waals surface area contributed by atoms with Crippen LogP contribution >= 0.6 is 0 Å². The molecular weight excluding hydrogens is 448 g/mol. The predicted molar refractivity (Wildman–Crippen MR) is 141 cm³/mol. The van der Waals surface area contributed by atoms with Gasteiger partial charge in [0.1, 0.15) is 11.6 Å². The van der Waals surface area contributed by atoms with Gasteiger partial charge in [0.15, 0.2) is 0 Å². The second-order valence-electron chi connectivity index (χ2n) is 9.73. The van der Waals surface area contributed by atoms with E-state index in [0.29, 0.717) is 17.2 Å². The van der Waals surface area contributed by atoms with Gasteiger partial charge in [-0.25, -0.2) is 4.98 Å². The smallest absolute Gasteiger partial charge is 0.257 e. The molecule has 0 saturated carbocycles. The largest absolute Gasteiger partial charge is 0.469 e. The lowest BCUT2D eigenvalue weighted by Gasteiger charge is -2.40. The van der Waals surface area contributed by atoms with Crippen LogP contribution in [-0.2, 0) is 13.0 Å². The van der Waals surface area contributed by atoms with Gasteiger partial charge in [-0.15, -0.1) is 0 Å². The van der Waals surface area contributed by atoms with E-state index in [-0.39, 0.29) is 11.9 Å². The first-order valence-electron chi connectivity index (χ1n) is 12.8. The van der Waals surface area contributed by atoms with Crippen molar-refractivity contribution in [2.24, 2.45) is 5.92 Å². The maximum atomic E-state index is 13.4. The molecule has 3 aromatic heterocycles. The lowest BCUT2D eigenvalue weighted by Crippen LogP contribution is -2.47. The summed E-state index contributed by atoms with van der Waals surface area (Å²) in [5.74, 6) is 2.10. The number of nitrogens with zero attached hydrogens (tertiary/aromatic N) is 4. The van der Waals surface area contributed by atoms with Crippen LogP contribution in [0.15, 0.2) is 89.8 Å². The van der Waals surface area contributed by atoms with Crippen molar-refractivity contribution in [3.63, 3.8) is 0 Å². The number of carbonyl (C=O) groups excluding carboxylic acids is 1. The number of aromatic nitrogens is 2. The Morgan fingerprint density at radius 3 is 2.53 bits per heavy atom. The molecule has 36 heavy (non-hydrogen) atoms. The average Bonchev–Trinajstić information content (AvgIpc) is 3.57. The van der Waals surface area contributed by atoms with Crippen molar-refractivity contribution in [3.05, 3.63) is 108 Å². The maximum absolute atomic E-state index is 13.4. The van der Waals surface area contributed by atoms with Crippen LogP contribution in [-0.4, -0.2) is 51.4 Å². The molecule has 4 aromatic rings. The zero-order valence-corrected chi connectivity index (χ0v) is 21.1. The number of carbonyl (C=O) groups is 1. The van der Waals surface area contributed by atoms with E-state index >= 15 is 0 Å². The molecule has 1 saturated heterocycles. The first kappa shape index (κ1) is 24.1. The summed E-state index contributed by atoms with van der Waals surface area (Å²) < 4.78 is 7.59. The summed E-state index contributed by atoms with van der Waals surface area (Å²) in [4.78, 5) is 22.4. The summed E-state index contributed by atoms with van der Waals surface area (Å²) in [6.45, 7) is 4.77. The van der Waals surface area contributed by atoms with Gasteiger partial charge in [0.25, 0.3) is 5.91 Å². The van der Waals surface area contributed by atoms with E-state index in [0.717, 1.165) is 44.7 Å². The fourth-order valence-corrected chi connectivity index (χ4v) is 5.41. The van der Waals surface area contributed by atoms with Gasteiger partial charge in [-0.2, -0.15) is 0 Å². The van der Waals surface area contributed by atoms with E-state index in [9.17, 15) is 4.79 Å². The van der Waals surface area contributed by atoms with Crippen molar-refractivity contribution < 1.29 is 9.21 Å². The molecule has 4 heterocycles. The van der Waals surface area contributed by atoms with Crippen LogP contribution < -0.4 is 0 Å². The molecule has 0 aliphatic carbocycles. The van der Waals surface area contributed by atoms with Crippen LogP contribution in [0.5, 0.6) is 0 Å². The molecule has 6 nitrogen and oxygen atoms in total. The van der Waals surface area contributed by atoms with E-state index < -0.39 is 0 Å². The topological polar surface area (TPSA) is 54.5 Å². The van der Waals surface area contributed by atoms with E-state index in [1.165, 1.54) is 11.3 Å². The molecule has 1 amide bonds. The molecule has 1 fully saturated rings. The Kier molecular flexibility index (Phi) is 7.33. The molecule has 6 heteroatoms. The number of benzene rings is 1. The fourth-order valence-electron chi connectivity index (χ4n) is 5.41. The minimum atomic E-state index is 0.0396. The number of piperidine rings is 1. The molecule has 1 atom stereocenters. The van der Waals surface area contributed by atoms with Gasteiger partial charge >= 0.3 is 0 Å². The number of hydrogen-bond donors (Lipinski definition) is 0. The van der Waals surface area contributed by atoms with Gasteiger partial charge in [-0.05, 0) is 81.1 Å². The van der Waals surface area contributed by atoms with Crippen molar-refractivity contribution in [1.29, 1.82) is 0 Å². The number of rotatable bonds is 8. The highest BCUT2D eigenvalue weighted by Crippen LogP contribution is 2.29. The molecule has 0 radical (unpaired) electrons. The fraction of sp³-hybridized carbons (Fsp3) is 0.333. The number of hydrogen-bond acceptors (Lipinski definition) is 4. The first-order valence-corrected chi connectivity index (χ1v) is 12.8. The Balaban J connectivity index is 1.28. The third-order valence-corrected chi connectivity index (χ3v) is 7.49. The molecule has 1 aromatic carbocycles. The minimum absolute atomic E-state index is 0.0396. The highest BCUT2D eigenvalue weighted by atomic mass is 16.3. The van der Waals surface area contributed by atoms with E-state index in [4.69, 9.17) is 4.42 Å². The van der Waals surface area contributed by atoms with Crippen LogP contribution in [0.25, 0.3) is 5.82 Å². The van der Waals surface area contributed by atoms with Gasteiger partial charge in [-0.1, -0.05) is 36.4 Å².